The Labute approximate surface area is 130 Å². The first-order valence-electron chi connectivity index (χ1n) is 6.83. The summed E-state index contributed by atoms with van der Waals surface area (Å²) in [6.07, 6.45) is 3.31. The molecule has 1 unspecified atom stereocenters. The third kappa shape index (κ3) is 5.36. The van der Waals surface area contributed by atoms with Crippen LogP contribution in [-0.4, -0.2) is 32.1 Å². The van der Waals surface area contributed by atoms with Crippen molar-refractivity contribution in [3.8, 4) is 0 Å². The molecule has 0 aromatic heterocycles. The Morgan fingerprint density at radius 2 is 2.16 bits per heavy atom. The molecule has 0 radical (unpaired) electrons. The van der Waals surface area contributed by atoms with Gasteiger partial charge in [-0.2, -0.15) is 11.8 Å². The van der Waals surface area contributed by atoms with E-state index in [1.54, 1.807) is 0 Å². The van der Waals surface area contributed by atoms with E-state index in [0.717, 1.165) is 18.8 Å². The van der Waals surface area contributed by atoms with Gasteiger partial charge in [-0.15, -0.1) is 0 Å². The molecule has 19 heavy (non-hydrogen) atoms. The summed E-state index contributed by atoms with van der Waals surface area (Å²) >= 11 is 5.58. The summed E-state index contributed by atoms with van der Waals surface area (Å²) in [4.78, 5) is 2.30. The standard InChI is InChI=1S/C15H25BrN2S/c1-5-8-17-12(2)13-6-7-15(14(16)11-13)18(3)9-10-19-4/h6-7,11-12,17H,5,8-10H2,1-4H3. The van der Waals surface area contributed by atoms with Crippen molar-refractivity contribution in [3.63, 3.8) is 0 Å². The second-order valence-corrected chi connectivity index (χ2v) is 6.64. The zero-order chi connectivity index (χ0) is 14.3. The summed E-state index contributed by atoms with van der Waals surface area (Å²) in [6.45, 7) is 6.55. The SMILES string of the molecule is CCCNC(C)c1ccc(N(C)CCSC)c(Br)c1. The number of hydrogen-bond donors (Lipinski definition) is 1. The summed E-state index contributed by atoms with van der Waals surface area (Å²) in [5.41, 5.74) is 2.60. The maximum atomic E-state index is 3.70. The quantitative estimate of drug-likeness (QED) is 0.756. The Hall–Kier alpha value is -0.190. The van der Waals surface area contributed by atoms with E-state index in [-0.39, 0.29) is 0 Å². The van der Waals surface area contributed by atoms with Crippen LogP contribution in [0.2, 0.25) is 0 Å². The maximum absolute atomic E-state index is 3.70. The van der Waals surface area contributed by atoms with E-state index in [0.29, 0.717) is 6.04 Å². The topological polar surface area (TPSA) is 15.3 Å². The van der Waals surface area contributed by atoms with Crippen LogP contribution < -0.4 is 10.2 Å². The Bertz CT molecular complexity index is 384. The molecule has 0 saturated carbocycles. The molecule has 0 spiro atoms. The van der Waals surface area contributed by atoms with Crippen LogP contribution in [0, 0.1) is 0 Å². The van der Waals surface area contributed by atoms with Crippen LogP contribution in [-0.2, 0) is 0 Å². The first-order valence-corrected chi connectivity index (χ1v) is 9.01. The highest BCUT2D eigenvalue weighted by Gasteiger charge is 2.09. The van der Waals surface area contributed by atoms with Gasteiger partial charge in [0.25, 0.3) is 0 Å². The van der Waals surface area contributed by atoms with Crippen LogP contribution >= 0.6 is 27.7 Å². The number of benzene rings is 1. The van der Waals surface area contributed by atoms with Gasteiger partial charge in [0.15, 0.2) is 0 Å². The Balaban J connectivity index is 2.73. The minimum Gasteiger partial charge on any atom is -0.373 e. The average Bonchev–Trinajstić information content (AvgIpc) is 2.41. The molecule has 0 aliphatic carbocycles. The second kappa shape index (κ2) is 8.88. The van der Waals surface area contributed by atoms with Gasteiger partial charge in [0.1, 0.15) is 0 Å². The fourth-order valence-corrected chi connectivity index (χ4v) is 3.09. The molecule has 0 aliphatic rings. The molecule has 0 amide bonds. The lowest BCUT2D eigenvalue weighted by Crippen LogP contribution is -2.22. The largest absolute Gasteiger partial charge is 0.373 e. The highest BCUT2D eigenvalue weighted by atomic mass is 79.9. The molecule has 4 heteroatoms. The molecular weight excluding hydrogens is 320 g/mol. The van der Waals surface area contributed by atoms with Crippen molar-refractivity contribution in [3.05, 3.63) is 28.2 Å². The first kappa shape index (κ1) is 16.9. The minimum absolute atomic E-state index is 0.404. The smallest absolute Gasteiger partial charge is 0.0508 e. The lowest BCUT2D eigenvalue weighted by molar-refractivity contribution is 0.570. The highest BCUT2D eigenvalue weighted by Crippen LogP contribution is 2.28. The summed E-state index contributed by atoms with van der Waals surface area (Å²) in [7, 11) is 2.15. The monoisotopic (exact) mass is 344 g/mol. The van der Waals surface area contributed by atoms with E-state index in [4.69, 9.17) is 0 Å². The summed E-state index contributed by atoms with van der Waals surface area (Å²) in [5.74, 6) is 1.15. The van der Waals surface area contributed by atoms with Crippen LogP contribution in [0.15, 0.2) is 22.7 Å². The molecule has 1 aromatic carbocycles. The maximum Gasteiger partial charge on any atom is 0.0508 e. The molecular formula is C15H25BrN2S. The van der Waals surface area contributed by atoms with Crippen LogP contribution in [0.5, 0.6) is 0 Å². The van der Waals surface area contributed by atoms with Gasteiger partial charge in [-0.3, -0.25) is 0 Å². The molecule has 1 aromatic rings. The molecule has 108 valence electrons. The van der Waals surface area contributed by atoms with Gasteiger partial charge in [0, 0.05) is 29.9 Å². The van der Waals surface area contributed by atoms with Crippen molar-refractivity contribution in [1.82, 2.24) is 5.32 Å². The molecule has 0 aliphatic heterocycles. The molecule has 1 N–H and O–H groups in total. The van der Waals surface area contributed by atoms with Crippen LogP contribution in [0.3, 0.4) is 0 Å². The zero-order valence-electron chi connectivity index (χ0n) is 12.4. The number of thioether (sulfide) groups is 1. The third-order valence-electron chi connectivity index (χ3n) is 3.21. The third-order valence-corrected chi connectivity index (χ3v) is 4.44. The van der Waals surface area contributed by atoms with Crippen LogP contribution in [0.1, 0.15) is 31.9 Å². The van der Waals surface area contributed by atoms with E-state index < -0.39 is 0 Å². The van der Waals surface area contributed by atoms with Crippen LogP contribution in [0.4, 0.5) is 5.69 Å². The highest BCUT2D eigenvalue weighted by molar-refractivity contribution is 9.10. The Morgan fingerprint density at radius 3 is 2.74 bits per heavy atom. The van der Waals surface area contributed by atoms with Gasteiger partial charge in [-0.1, -0.05) is 13.0 Å². The van der Waals surface area contributed by atoms with Gasteiger partial charge in [0.2, 0.25) is 0 Å². The predicted octanol–water partition coefficient (Wildman–Crippen LogP) is 4.31. The number of nitrogens with one attached hydrogen (secondary N) is 1. The van der Waals surface area contributed by atoms with E-state index >= 15 is 0 Å². The molecule has 0 fully saturated rings. The van der Waals surface area contributed by atoms with Crippen molar-refractivity contribution < 1.29 is 0 Å². The molecule has 0 saturated heterocycles. The van der Waals surface area contributed by atoms with Gasteiger partial charge >= 0.3 is 0 Å². The molecule has 1 atom stereocenters. The normalized spacial score (nSPS) is 12.5. The Kier molecular flexibility index (Phi) is 7.88. The lowest BCUT2D eigenvalue weighted by Gasteiger charge is -2.22. The number of nitrogens with zero attached hydrogens (tertiary/aromatic N) is 1. The van der Waals surface area contributed by atoms with Crippen LogP contribution in [0.25, 0.3) is 0 Å². The lowest BCUT2D eigenvalue weighted by atomic mass is 10.1. The Morgan fingerprint density at radius 1 is 1.42 bits per heavy atom. The van der Waals surface area contributed by atoms with E-state index in [1.807, 2.05) is 11.8 Å². The van der Waals surface area contributed by atoms with E-state index in [1.165, 1.54) is 22.1 Å². The number of rotatable bonds is 8. The van der Waals surface area contributed by atoms with E-state index in [2.05, 4.69) is 71.5 Å². The average molecular weight is 345 g/mol. The van der Waals surface area contributed by atoms with Crippen molar-refractivity contribution >= 4 is 33.4 Å². The summed E-state index contributed by atoms with van der Waals surface area (Å²) < 4.78 is 1.18. The fraction of sp³-hybridized carbons (Fsp3) is 0.600. The fourth-order valence-electron chi connectivity index (χ4n) is 1.93. The van der Waals surface area contributed by atoms with Gasteiger partial charge in [-0.25, -0.2) is 0 Å². The van der Waals surface area contributed by atoms with Crippen molar-refractivity contribution in [2.75, 3.05) is 37.0 Å². The molecule has 2 nitrogen and oxygen atoms in total. The van der Waals surface area contributed by atoms with Crippen molar-refractivity contribution in [2.24, 2.45) is 0 Å². The minimum atomic E-state index is 0.404. The van der Waals surface area contributed by atoms with Crippen molar-refractivity contribution in [2.45, 2.75) is 26.3 Å². The summed E-state index contributed by atoms with van der Waals surface area (Å²) in [5, 5.41) is 3.52. The van der Waals surface area contributed by atoms with Crippen molar-refractivity contribution in [1.29, 1.82) is 0 Å². The van der Waals surface area contributed by atoms with Gasteiger partial charge in [0.05, 0.1) is 5.69 Å². The molecule has 1 rings (SSSR count). The summed E-state index contributed by atoms with van der Waals surface area (Å²) in [6, 6.07) is 7.08. The van der Waals surface area contributed by atoms with Gasteiger partial charge in [-0.05, 0) is 59.8 Å². The van der Waals surface area contributed by atoms with E-state index in [9.17, 15) is 0 Å². The van der Waals surface area contributed by atoms with Gasteiger partial charge < -0.3 is 10.2 Å². The molecule has 0 heterocycles. The first-order chi connectivity index (χ1) is 9.10. The second-order valence-electron chi connectivity index (χ2n) is 4.80. The number of anilines is 1. The zero-order valence-corrected chi connectivity index (χ0v) is 14.8. The molecule has 0 bridgehead atoms. The number of halogens is 1. The number of hydrogen-bond acceptors (Lipinski definition) is 3. The predicted molar refractivity (Wildman–Crippen MR) is 92.5 cm³/mol.